The van der Waals surface area contributed by atoms with Crippen molar-refractivity contribution < 1.29 is 0 Å². The van der Waals surface area contributed by atoms with Gasteiger partial charge in [-0.1, -0.05) is 75.4 Å². The fraction of sp³-hybridized carbons (Fsp3) is 0.143. The van der Waals surface area contributed by atoms with E-state index < -0.39 is 0 Å². The number of nitrogens with zero attached hydrogens (tertiary/aromatic N) is 1. The first kappa shape index (κ1) is 23.7. The maximum atomic E-state index is 4.16. The molecule has 1 rings (SSSR count). The zero-order valence-corrected chi connectivity index (χ0v) is 18.3. The van der Waals surface area contributed by atoms with Crippen LogP contribution in [0.4, 0.5) is 0 Å². The van der Waals surface area contributed by atoms with Crippen molar-refractivity contribution in [3.05, 3.63) is 120 Å². The minimum Gasteiger partial charge on any atom is -0.344 e. The Bertz CT molecular complexity index is 962. The molecule has 1 heteroatoms. The molecule has 0 radical (unpaired) electrons. The van der Waals surface area contributed by atoms with Crippen molar-refractivity contribution in [2.24, 2.45) is 7.05 Å². The van der Waals surface area contributed by atoms with Crippen LogP contribution in [0.15, 0.2) is 97.7 Å². The van der Waals surface area contributed by atoms with E-state index in [1.807, 2.05) is 56.5 Å². The number of aromatic nitrogens is 1. The van der Waals surface area contributed by atoms with Crippen LogP contribution >= 0.6 is 0 Å². The first-order valence-electron chi connectivity index (χ1n) is 9.64. The Balaban J connectivity index is 3.76. The van der Waals surface area contributed by atoms with Gasteiger partial charge in [0, 0.05) is 29.6 Å². The largest absolute Gasteiger partial charge is 0.344 e. The predicted octanol–water partition coefficient (Wildman–Crippen LogP) is 8.10. The molecule has 1 heterocycles. The van der Waals surface area contributed by atoms with Gasteiger partial charge in [-0.15, -0.1) is 0 Å². The van der Waals surface area contributed by atoms with E-state index in [1.54, 1.807) is 6.08 Å². The van der Waals surface area contributed by atoms with Gasteiger partial charge in [0.05, 0.1) is 0 Å². The molecule has 0 atom stereocenters. The van der Waals surface area contributed by atoms with Gasteiger partial charge in [0.25, 0.3) is 0 Å². The summed E-state index contributed by atoms with van der Waals surface area (Å²) in [5.74, 6) is 0. The highest BCUT2D eigenvalue weighted by atomic mass is 15.0. The minimum absolute atomic E-state index is 0.940. The highest BCUT2D eigenvalue weighted by Crippen LogP contribution is 2.31. The van der Waals surface area contributed by atoms with E-state index in [0.717, 1.165) is 44.8 Å². The van der Waals surface area contributed by atoms with Crippen LogP contribution in [0.1, 0.15) is 43.3 Å². The quantitative estimate of drug-likeness (QED) is 0.360. The fourth-order valence-corrected chi connectivity index (χ4v) is 3.05. The molecule has 0 amide bonds. The molecule has 0 saturated carbocycles. The maximum absolute atomic E-state index is 4.16. The van der Waals surface area contributed by atoms with Crippen molar-refractivity contribution in [3.8, 4) is 0 Å². The Hall–Kier alpha value is -3.32. The lowest BCUT2D eigenvalue weighted by atomic mass is 9.98. The molecular weight excluding hydrogens is 350 g/mol. The summed E-state index contributed by atoms with van der Waals surface area (Å²) in [6, 6.07) is 0. The Kier molecular flexibility index (Phi) is 9.41. The van der Waals surface area contributed by atoms with Crippen LogP contribution in [-0.2, 0) is 7.05 Å². The Morgan fingerprint density at radius 2 is 1.41 bits per heavy atom. The minimum atomic E-state index is 0.940. The predicted molar refractivity (Wildman–Crippen MR) is 134 cm³/mol. The molecule has 0 N–H and O–H groups in total. The molecule has 0 bridgehead atoms. The molecule has 0 aliphatic heterocycles. The van der Waals surface area contributed by atoms with Crippen LogP contribution in [0.2, 0.25) is 0 Å². The van der Waals surface area contributed by atoms with Crippen LogP contribution in [0.25, 0.3) is 24.3 Å². The summed E-state index contributed by atoms with van der Waals surface area (Å²) in [5, 5.41) is 0. The monoisotopic (exact) mass is 383 g/mol. The molecule has 0 aliphatic carbocycles. The van der Waals surface area contributed by atoms with Gasteiger partial charge in [0.1, 0.15) is 0 Å². The van der Waals surface area contributed by atoms with Gasteiger partial charge in [-0.2, -0.15) is 0 Å². The zero-order valence-electron chi connectivity index (χ0n) is 18.3. The smallest absolute Gasteiger partial charge is 0.0482 e. The van der Waals surface area contributed by atoms with Gasteiger partial charge in [0.15, 0.2) is 0 Å². The van der Waals surface area contributed by atoms with Crippen molar-refractivity contribution >= 4 is 24.3 Å². The first-order valence-corrected chi connectivity index (χ1v) is 9.64. The van der Waals surface area contributed by atoms with Crippen LogP contribution in [-0.4, -0.2) is 4.57 Å². The number of hydrogen-bond donors (Lipinski definition) is 0. The van der Waals surface area contributed by atoms with Crippen LogP contribution in [0, 0.1) is 0 Å². The molecule has 1 aromatic rings. The summed E-state index contributed by atoms with van der Waals surface area (Å²) in [6.45, 7) is 26.0. The second-order valence-corrected chi connectivity index (χ2v) is 6.69. The van der Waals surface area contributed by atoms with E-state index in [4.69, 9.17) is 0 Å². The Morgan fingerprint density at radius 1 is 0.862 bits per heavy atom. The van der Waals surface area contributed by atoms with E-state index >= 15 is 0 Å². The lowest BCUT2D eigenvalue weighted by Gasteiger charge is -2.06. The average molecular weight is 384 g/mol. The third-order valence-corrected chi connectivity index (χ3v) is 4.76. The molecule has 150 valence electrons. The van der Waals surface area contributed by atoms with Crippen molar-refractivity contribution in [2.75, 3.05) is 0 Å². The van der Waals surface area contributed by atoms with Gasteiger partial charge in [0.2, 0.25) is 0 Å². The van der Waals surface area contributed by atoms with E-state index in [9.17, 15) is 0 Å². The lowest BCUT2D eigenvalue weighted by Crippen LogP contribution is -1.93. The third kappa shape index (κ3) is 5.83. The van der Waals surface area contributed by atoms with Crippen LogP contribution < -0.4 is 0 Å². The fourth-order valence-electron chi connectivity index (χ4n) is 3.05. The zero-order chi connectivity index (χ0) is 22.0. The van der Waals surface area contributed by atoms with E-state index in [0.29, 0.717) is 0 Å². The molecule has 0 aromatic carbocycles. The number of allylic oxidation sites excluding steroid dienone is 11. The highest BCUT2D eigenvalue weighted by Gasteiger charge is 2.15. The molecule has 1 nitrogen and oxygen atoms in total. The molecule has 0 spiro atoms. The second-order valence-electron chi connectivity index (χ2n) is 6.69. The van der Waals surface area contributed by atoms with Gasteiger partial charge in [-0.3, -0.25) is 0 Å². The summed E-state index contributed by atoms with van der Waals surface area (Å²) < 4.78 is 2.11. The van der Waals surface area contributed by atoms with Gasteiger partial charge >= 0.3 is 0 Å². The second kappa shape index (κ2) is 11.5. The number of hydrogen-bond acceptors (Lipinski definition) is 0. The molecule has 29 heavy (non-hydrogen) atoms. The van der Waals surface area contributed by atoms with Crippen LogP contribution in [0.5, 0.6) is 0 Å². The van der Waals surface area contributed by atoms with Crippen molar-refractivity contribution in [2.45, 2.75) is 20.8 Å². The van der Waals surface area contributed by atoms with Crippen molar-refractivity contribution in [1.82, 2.24) is 4.57 Å². The van der Waals surface area contributed by atoms with Crippen molar-refractivity contribution in [3.63, 3.8) is 0 Å². The molecule has 0 aliphatic rings. The van der Waals surface area contributed by atoms with E-state index in [-0.39, 0.29) is 0 Å². The summed E-state index contributed by atoms with van der Waals surface area (Å²) in [5.41, 5.74) is 8.49. The SMILES string of the molecule is C=C/C=C\C(=C)/C(C)=C/c1c(/C=C(C)/C(C=C)=C/C=C\C)c(C=C)n(C)c1C=C. The Labute approximate surface area is 177 Å². The first-order chi connectivity index (χ1) is 13.9. The maximum Gasteiger partial charge on any atom is 0.0482 e. The lowest BCUT2D eigenvalue weighted by molar-refractivity contribution is 0.901. The summed E-state index contributed by atoms with van der Waals surface area (Å²) >= 11 is 0. The van der Waals surface area contributed by atoms with Crippen molar-refractivity contribution in [1.29, 1.82) is 0 Å². The summed E-state index contributed by atoms with van der Waals surface area (Å²) in [4.78, 5) is 0. The normalized spacial score (nSPS) is 13.2. The molecule has 1 aromatic heterocycles. The standard InChI is InChI=1S/C28H33N/c1-10-15-17-21(6)22(7)19-25-26(28(14-5)29(9)27(25)13-4)20-23(8)24(12-3)18-16-11-2/h10-20H,1,3-6H2,2,7-9H3/b16-11-,17-15-,22-19+,23-20+,24-18+. The Morgan fingerprint density at radius 3 is 1.86 bits per heavy atom. The molecule has 0 unspecified atom stereocenters. The number of rotatable bonds is 10. The topological polar surface area (TPSA) is 4.93 Å². The van der Waals surface area contributed by atoms with Gasteiger partial charge in [-0.25, -0.2) is 0 Å². The summed E-state index contributed by atoms with van der Waals surface area (Å²) in [6.07, 6.45) is 21.7. The highest BCUT2D eigenvalue weighted by molar-refractivity contribution is 5.82. The average Bonchev–Trinajstić information content (AvgIpc) is 2.96. The van der Waals surface area contributed by atoms with E-state index in [1.165, 1.54) is 0 Å². The third-order valence-electron chi connectivity index (χ3n) is 4.76. The van der Waals surface area contributed by atoms with E-state index in [2.05, 4.69) is 69.5 Å². The molecule has 0 saturated heterocycles. The van der Waals surface area contributed by atoms with Gasteiger partial charge in [-0.05, 0) is 67.4 Å². The van der Waals surface area contributed by atoms with Crippen LogP contribution in [0.3, 0.4) is 0 Å². The molecule has 0 fully saturated rings. The van der Waals surface area contributed by atoms with Gasteiger partial charge < -0.3 is 4.57 Å². The molecular formula is C28H33N. The summed E-state index contributed by atoms with van der Waals surface area (Å²) in [7, 11) is 2.03.